The van der Waals surface area contributed by atoms with E-state index in [-0.39, 0.29) is 0 Å². The Hall–Kier alpha value is -1.12. The van der Waals surface area contributed by atoms with Gasteiger partial charge in [-0.3, -0.25) is 0 Å². The molecule has 0 amide bonds. The van der Waals surface area contributed by atoms with Gasteiger partial charge in [0.1, 0.15) is 0 Å². The molecule has 2 aromatic rings. The highest BCUT2D eigenvalue weighted by Gasteiger charge is 2.11. The molecule has 0 spiro atoms. The van der Waals surface area contributed by atoms with Crippen LogP contribution in [0.15, 0.2) is 36.4 Å². The van der Waals surface area contributed by atoms with Gasteiger partial charge < -0.3 is 4.90 Å². The predicted octanol–water partition coefficient (Wildman–Crippen LogP) is 3.62. The Morgan fingerprint density at radius 1 is 1.25 bits per heavy atom. The summed E-state index contributed by atoms with van der Waals surface area (Å²) in [7, 11) is 2.18. The Morgan fingerprint density at radius 3 is 2.88 bits per heavy atom. The minimum absolute atomic E-state index is 1.09. The van der Waals surface area contributed by atoms with Crippen LogP contribution in [0.4, 0.5) is 0 Å². The number of hydrogen-bond acceptors (Lipinski definition) is 2. The fraction of sp³-hybridized carbons (Fsp3) is 0.286. The molecule has 2 heteroatoms. The second-order valence-electron chi connectivity index (χ2n) is 4.39. The van der Waals surface area contributed by atoms with Crippen LogP contribution in [0.25, 0.3) is 15.7 Å². The molecular formula is C14H15NS. The number of likely N-dealkylation sites (N-methyl/N-ethyl adjacent to an activating group) is 1. The van der Waals surface area contributed by atoms with Gasteiger partial charge in [0, 0.05) is 22.7 Å². The highest BCUT2D eigenvalue weighted by molar-refractivity contribution is 7.20. The van der Waals surface area contributed by atoms with Gasteiger partial charge >= 0.3 is 0 Å². The van der Waals surface area contributed by atoms with Crippen LogP contribution in [0, 0.1) is 0 Å². The van der Waals surface area contributed by atoms with Crippen LogP contribution in [0.3, 0.4) is 0 Å². The van der Waals surface area contributed by atoms with Gasteiger partial charge in [0.2, 0.25) is 0 Å². The minimum atomic E-state index is 1.09. The summed E-state index contributed by atoms with van der Waals surface area (Å²) in [5.74, 6) is 0. The van der Waals surface area contributed by atoms with E-state index in [0.717, 1.165) is 6.54 Å². The highest BCUT2D eigenvalue weighted by Crippen LogP contribution is 2.32. The first-order valence-corrected chi connectivity index (χ1v) is 6.51. The molecule has 1 aromatic carbocycles. The third-order valence-electron chi connectivity index (χ3n) is 3.15. The van der Waals surface area contributed by atoms with Gasteiger partial charge in [-0.05, 0) is 36.6 Å². The summed E-state index contributed by atoms with van der Waals surface area (Å²) < 4.78 is 1.40. The minimum Gasteiger partial charge on any atom is -0.302 e. The van der Waals surface area contributed by atoms with Crippen LogP contribution in [-0.2, 0) is 0 Å². The SMILES string of the molecule is CN1CC=C(c2cc3ccccc3s2)CC1. The molecule has 0 fully saturated rings. The van der Waals surface area contributed by atoms with Gasteiger partial charge in [-0.15, -0.1) is 11.3 Å². The third kappa shape index (κ3) is 1.79. The zero-order chi connectivity index (χ0) is 11.0. The molecule has 16 heavy (non-hydrogen) atoms. The lowest BCUT2D eigenvalue weighted by Gasteiger charge is -2.21. The average Bonchev–Trinajstić information content (AvgIpc) is 2.73. The molecule has 0 saturated carbocycles. The largest absolute Gasteiger partial charge is 0.302 e. The quantitative estimate of drug-likeness (QED) is 0.722. The van der Waals surface area contributed by atoms with E-state index in [0.29, 0.717) is 0 Å². The van der Waals surface area contributed by atoms with Crippen LogP contribution in [-0.4, -0.2) is 25.0 Å². The predicted molar refractivity (Wildman–Crippen MR) is 71.9 cm³/mol. The van der Waals surface area contributed by atoms with Gasteiger partial charge in [-0.25, -0.2) is 0 Å². The van der Waals surface area contributed by atoms with Crippen molar-refractivity contribution in [3.05, 3.63) is 41.3 Å². The summed E-state index contributed by atoms with van der Waals surface area (Å²) in [6.45, 7) is 2.27. The summed E-state index contributed by atoms with van der Waals surface area (Å²) in [6.07, 6.45) is 3.55. The summed E-state index contributed by atoms with van der Waals surface area (Å²) in [5, 5.41) is 1.38. The van der Waals surface area contributed by atoms with E-state index in [1.54, 1.807) is 0 Å². The average molecular weight is 229 g/mol. The van der Waals surface area contributed by atoms with E-state index in [9.17, 15) is 0 Å². The molecule has 0 bridgehead atoms. The van der Waals surface area contributed by atoms with Crippen LogP contribution < -0.4 is 0 Å². The van der Waals surface area contributed by atoms with E-state index < -0.39 is 0 Å². The number of fused-ring (bicyclic) bond motifs is 1. The maximum absolute atomic E-state index is 2.37. The van der Waals surface area contributed by atoms with E-state index in [4.69, 9.17) is 0 Å². The molecule has 3 rings (SSSR count). The lowest BCUT2D eigenvalue weighted by molar-refractivity contribution is 0.370. The standard InChI is InChI=1S/C14H15NS/c1-15-8-6-11(7-9-15)14-10-12-4-2-3-5-13(12)16-14/h2-6,10H,7-9H2,1H3. The van der Waals surface area contributed by atoms with Crippen molar-refractivity contribution in [2.75, 3.05) is 20.1 Å². The number of benzene rings is 1. The van der Waals surface area contributed by atoms with Crippen molar-refractivity contribution in [1.29, 1.82) is 0 Å². The van der Waals surface area contributed by atoms with Gasteiger partial charge in [0.15, 0.2) is 0 Å². The van der Waals surface area contributed by atoms with Crippen LogP contribution in [0.2, 0.25) is 0 Å². The fourth-order valence-electron chi connectivity index (χ4n) is 2.13. The van der Waals surface area contributed by atoms with Gasteiger partial charge in [0.25, 0.3) is 0 Å². The molecule has 1 nitrogen and oxygen atoms in total. The summed E-state index contributed by atoms with van der Waals surface area (Å²) in [4.78, 5) is 3.81. The Labute approximate surface area is 100 Å². The number of hydrogen-bond donors (Lipinski definition) is 0. The third-order valence-corrected chi connectivity index (χ3v) is 4.35. The number of nitrogens with zero attached hydrogens (tertiary/aromatic N) is 1. The van der Waals surface area contributed by atoms with Crippen molar-refractivity contribution in [3.63, 3.8) is 0 Å². The Bertz CT molecular complexity index is 505. The van der Waals surface area contributed by atoms with Crippen LogP contribution in [0.5, 0.6) is 0 Å². The molecule has 1 aliphatic heterocycles. The molecular weight excluding hydrogens is 214 g/mol. The molecule has 0 unspecified atom stereocenters. The lowest BCUT2D eigenvalue weighted by atomic mass is 10.1. The maximum atomic E-state index is 2.37. The van der Waals surface area contributed by atoms with Crippen molar-refractivity contribution in [2.45, 2.75) is 6.42 Å². The molecule has 0 saturated heterocycles. The first kappa shape index (κ1) is 10.1. The van der Waals surface area contributed by atoms with E-state index in [1.807, 2.05) is 11.3 Å². The highest BCUT2D eigenvalue weighted by atomic mass is 32.1. The fourth-order valence-corrected chi connectivity index (χ4v) is 3.27. The summed E-state index contributed by atoms with van der Waals surface area (Å²) in [6, 6.07) is 11.0. The zero-order valence-electron chi connectivity index (χ0n) is 9.44. The molecule has 0 atom stereocenters. The first-order valence-electron chi connectivity index (χ1n) is 5.69. The molecule has 2 heterocycles. The van der Waals surface area contributed by atoms with E-state index in [2.05, 4.69) is 48.4 Å². The zero-order valence-corrected chi connectivity index (χ0v) is 10.3. The van der Waals surface area contributed by atoms with E-state index in [1.165, 1.54) is 33.5 Å². The van der Waals surface area contributed by atoms with Crippen LogP contribution >= 0.6 is 11.3 Å². The molecule has 0 N–H and O–H groups in total. The van der Waals surface area contributed by atoms with Crippen molar-refractivity contribution in [3.8, 4) is 0 Å². The molecule has 0 radical (unpaired) electrons. The number of rotatable bonds is 1. The monoisotopic (exact) mass is 229 g/mol. The topological polar surface area (TPSA) is 3.24 Å². The van der Waals surface area contributed by atoms with Gasteiger partial charge in [-0.1, -0.05) is 24.3 Å². The van der Waals surface area contributed by atoms with Crippen molar-refractivity contribution in [1.82, 2.24) is 4.90 Å². The molecule has 1 aromatic heterocycles. The lowest BCUT2D eigenvalue weighted by Crippen LogP contribution is -2.23. The van der Waals surface area contributed by atoms with Crippen LogP contribution in [0.1, 0.15) is 11.3 Å². The van der Waals surface area contributed by atoms with Crippen molar-refractivity contribution in [2.24, 2.45) is 0 Å². The molecule has 82 valence electrons. The van der Waals surface area contributed by atoms with Gasteiger partial charge in [0.05, 0.1) is 0 Å². The normalized spacial score (nSPS) is 17.7. The molecule has 1 aliphatic rings. The summed E-state index contributed by atoms with van der Waals surface area (Å²) in [5.41, 5.74) is 1.53. The second-order valence-corrected chi connectivity index (χ2v) is 5.47. The smallest absolute Gasteiger partial charge is 0.0349 e. The van der Waals surface area contributed by atoms with Gasteiger partial charge in [-0.2, -0.15) is 0 Å². The Balaban J connectivity index is 2.00. The van der Waals surface area contributed by atoms with Crippen molar-refractivity contribution >= 4 is 27.0 Å². The van der Waals surface area contributed by atoms with E-state index >= 15 is 0 Å². The maximum Gasteiger partial charge on any atom is 0.0349 e. The Morgan fingerprint density at radius 2 is 2.12 bits per heavy atom. The first-order chi connectivity index (χ1) is 7.83. The number of thiophene rings is 1. The second kappa shape index (κ2) is 4.04. The summed E-state index contributed by atoms with van der Waals surface area (Å²) >= 11 is 1.92. The Kier molecular flexibility index (Phi) is 2.54. The molecule has 0 aliphatic carbocycles. The van der Waals surface area contributed by atoms with Crippen molar-refractivity contribution < 1.29 is 0 Å².